The van der Waals surface area contributed by atoms with Gasteiger partial charge in [-0.15, -0.1) is 11.3 Å². The van der Waals surface area contributed by atoms with Crippen LogP contribution in [0, 0.1) is 0 Å². The number of aromatic nitrogens is 2. The SMILES string of the molecule is CCN(Cc1cn2ccsc2n1)CC1CCCN1. The van der Waals surface area contributed by atoms with Crippen molar-refractivity contribution in [3.05, 3.63) is 23.5 Å². The molecule has 0 spiro atoms. The molecule has 98 valence electrons. The minimum Gasteiger partial charge on any atom is -0.313 e. The average Bonchev–Trinajstić information content (AvgIpc) is 3.03. The fraction of sp³-hybridized carbons (Fsp3) is 0.615. The van der Waals surface area contributed by atoms with Crippen LogP contribution >= 0.6 is 11.3 Å². The van der Waals surface area contributed by atoms with Crippen LogP contribution in [0.2, 0.25) is 0 Å². The predicted octanol–water partition coefficient (Wildman–Crippen LogP) is 1.97. The van der Waals surface area contributed by atoms with Gasteiger partial charge in [0.1, 0.15) is 0 Å². The van der Waals surface area contributed by atoms with Gasteiger partial charge in [-0.2, -0.15) is 0 Å². The van der Waals surface area contributed by atoms with Gasteiger partial charge in [0.25, 0.3) is 0 Å². The first-order valence-corrected chi connectivity index (χ1v) is 7.60. The van der Waals surface area contributed by atoms with Crippen LogP contribution in [-0.4, -0.2) is 40.0 Å². The Morgan fingerprint density at radius 2 is 2.56 bits per heavy atom. The van der Waals surface area contributed by atoms with E-state index in [0.717, 1.165) is 24.6 Å². The Balaban J connectivity index is 1.63. The molecule has 0 bridgehead atoms. The van der Waals surface area contributed by atoms with Gasteiger partial charge in [0.15, 0.2) is 4.96 Å². The van der Waals surface area contributed by atoms with Crippen LogP contribution in [0.1, 0.15) is 25.5 Å². The number of rotatable bonds is 5. The molecule has 1 atom stereocenters. The highest BCUT2D eigenvalue weighted by molar-refractivity contribution is 7.15. The molecular weight excluding hydrogens is 244 g/mol. The van der Waals surface area contributed by atoms with Crippen LogP contribution < -0.4 is 5.32 Å². The average molecular weight is 264 g/mol. The van der Waals surface area contributed by atoms with Crippen molar-refractivity contribution in [3.8, 4) is 0 Å². The maximum absolute atomic E-state index is 4.65. The lowest BCUT2D eigenvalue weighted by Gasteiger charge is -2.23. The first kappa shape index (κ1) is 12.1. The number of nitrogens with one attached hydrogen (secondary N) is 1. The first-order chi connectivity index (χ1) is 8.85. The molecule has 5 heteroatoms. The van der Waals surface area contributed by atoms with Gasteiger partial charge in [0.2, 0.25) is 0 Å². The van der Waals surface area contributed by atoms with Gasteiger partial charge in [-0.05, 0) is 25.9 Å². The summed E-state index contributed by atoms with van der Waals surface area (Å²) >= 11 is 1.70. The number of thiazole rings is 1. The summed E-state index contributed by atoms with van der Waals surface area (Å²) in [5.41, 5.74) is 1.18. The van der Waals surface area contributed by atoms with Gasteiger partial charge in [0.05, 0.1) is 5.69 Å². The number of nitrogens with zero attached hydrogens (tertiary/aromatic N) is 3. The normalized spacial score (nSPS) is 20.2. The zero-order valence-corrected chi connectivity index (χ0v) is 11.6. The minimum atomic E-state index is 0.675. The molecule has 1 fully saturated rings. The van der Waals surface area contributed by atoms with Gasteiger partial charge in [-0.25, -0.2) is 4.98 Å². The van der Waals surface area contributed by atoms with Crippen LogP contribution in [0.3, 0.4) is 0 Å². The molecule has 1 N–H and O–H groups in total. The van der Waals surface area contributed by atoms with E-state index in [9.17, 15) is 0 Å². The monoisotopic (exact) mass is 264 g/mol. The minimum absolute atomic E-state index is 0.675. The third kappa shape index (κ3) is 2.58. The fourth-order valence-corrected chi connectivity index (χ4v) is 3.33. The Hall–Kier alpha value is -0.910. The molecular formula is C13H20N4S. The van der Waals surface area contributed by atoms with Gasteiger partial charge in [0, 0.05) is 36.9 Å². The molecule has 3 rings (SSSR count). The summed E-state index contributed by atoms with van der Waals surface area (Å²) in [6, 6.07) is 0.675. The van der Waals surface area contributed by atoms with Crippen molar-refractivity contribution in [2.24, 2.45) is 0 Å². The van der Waals surface area contributed by atoms with Crippen LogP contribution in [0.15, 0.2) is 17.8 Å². The fourth-order valence-electron chi connectivity index (χ4n) is 2.61. The maximum Gasteiger partial charge on any atom is 0.193 e. The molecule has 2 aromatic heterocycles. The zero-order chi connectivity index (χ0) is 12.4. The van der Waals surface area contributed by atoms with E-state index in [4.69, 9.17) is 0 Å². The predicted molar refractivity (Wildman–Crippen MR) is 75.0 cm³/mol. The van der Waals surface area contributed by atoms with Gasteiger partial charge < -0.3 is 5.32 Å². The van der Waals surface area contributed by atoms with Crippen molar-refractivity contribution < 1.29 is 0 Å². The largest absolute Gasteiger partial charge is 0.313 e. The second-order valence-electron chi connectivity index (χ2n) is 4.95. The number of hydrogen-bond donors (Lipinski definition) is 1. The molecule has 0 aromatic carbocycles. The summed E-state index contributed by atoms with van der Waals surface area (Å²) in [4.78, 5) is 8.23. The van der Waals surface area contributed by atoms with Gasteiger partial charge in [-0.1, -0.05) is 6.92 Å². The van der Waals surface area contributed by atoms with Crippen LogP contribution in [-0.2, 0) is 6.54 Å². The number of likely N-dealkylation sites (N-methyl/N-ethyl adjacent to an activating group) is 1. The molecule has 4 nitrogen and oxygen atoms in total. The second kappa shape index (κ2) is 5.38. The van der Waals surface area contributed by atoms with Gasteiger partial charge >= 0.3 is 0 Å². The quantitative estimate of drug-likeness (QED) is 0.896. The summed E-state index contributed by atoms with van der Waals surface area (Å²) in [6.45, 7) is 6.60. The molecule has 1 aliphatic heterocycles. The summed E-state index contributed by atoms with van der Waals surface area (Å²) in [5, 5.41) is 5.64. The zero-order valence-electron chi connectivity index (χ0n) is 10.8. The van der Waals surface area contributed by atoms with E-state index < -0.39 is 0 Å². The third-order valence-electron chi connectivity index (χ3n) is 3.62. The van der Waals surface area contributed by atoms with Crippen LogP contribution in [0.4, 0.5) is 0 Å². The van der Waals surface area contributed by atoms with Crippen LogP contribution in [0.25, 0.3) is 4.96 Å². The van der Waals surface area contributed by atoms with E-state index in [1.807, 2.05) is 0 Å². The van der Waals surface area contributed by atoms with Crippen LogP contribution in [0.5, 0.6) is 0 Å². The molecule has 1 saturated heterocycles. The maximum atomic E-state index is 4.65. The van der Waals surface area contributed by atoms with Gasteiger partial charge in [-0.3, -0.25) is 9.30 Å². The molecule has 0 aliphatic carbocycles. The Bertz CT molecular complexity index is 469. The Labute approximate surface area is 112 Å². The molecule has 2 aromatic rings. The van der Waals surface area contributed by atoms with Crippen molar-refractivity contribution in [3.63, 3.8) is 0 Å². The van der Waals surface area contributed by atoms with Crippen molar-refractivity contribution in [2.75, 3.05) is 19.6 Å². The van der Waals surface area contributed by atoms with Crippen molar-refractivity contribution >= 4 is 16.3 Å². The lowest BCUT2D eigenvalue weighted by molar-refractivity contribution is 0.251. The highest BCUT2D eigenvalue weighted by atomic mass is 32.1. The molecule has 0 amide bonds. The molecule has 0 saturated carbocycles. The molecule has 3 heterocycles. The van der Waals surface area contributed by atoms with Crippen molar-refractivity contribution in [1.29, 1.82) is 0 Å². The summed E-state index contributed by atoms with van der Waals surface area (Å²) < 4.78 is 2.11. The Morgan fingerprint density at radius 3 is 3.28 bits per heavy atom. The number of imidazole rings is 1. The third-order valence-corrected chi connectivity index (χ3v) is 4.39. The molecule has 0 radical (unpaired) electrons. The summed E-state index contributed by atoms with van der Waals surface area (Å²) in [7, 11) is 0. The summed E-state index contributed by atoms with van der Waals surface area (Å²) in [6.07, 6.45) is 6.86. The lowest BCUT2D eigenvalue weighted by Crippen LogP contribution is -2.37. The van der Waals surface area contributed by atoms with Crippen molar-refractivity contribution in [1.82, 2.24) is 19.6 Å². The summed E-state index contributed by atoms with van der Waals surface area (Å²) in [5.74, 6) is 0. The van der Waals surface area contributed by atoms with E-state index in [1.54, 1.807) is 11.3 Å². The highest BCUT2D eigenvalue weighted by Crippen LogP contribution is 2.14. The number of hydrogen-bond acceptors (Lipinski definition) is 4. The Morgan fingerprint density at radius 1 is 1.61 bits per heavy atom. The van der Waals surface area contributed by atoms with E-state index in [-0.39, 0.29) is 0 Å². The topological polar surface area (TPSA) is 32.6 Å². The lowest BCUT2D eigenvalue weighted by atomic mass is 10.2. The van der Waals surface area contributed by atoms with E-state index in [0.29, 0.717) is 6.04 Å². The molecule has 18 heavy (non-hydrogen) atoms. The second-order valence-corrected chi connectivity index (χ2v) is 5.82. The Kier molecular flexibility index (Phi) is 3.63. The molecule has 1 unspecified atom stereocenters. The molecule has 1 aliphatic rings. The standard InChI is InChI=1S/C13H20N4S/c1-2-16(8-11-4-3-5-14-11)9-12-10-17-6-7-18-13(17)15-12/h6-7,10-11,14H,2-5,8-9H2,1H3. The van der Waals surface area contributed by atoms with Crippen molar-refractivity contribution in [2.45, 2.75) is 32.4 Å². The van der Waals surface area contributed by atoms with E-state index >= 15 is 0 Å². The van der Waals surface area contributed by atoms with E-state index in [2.05, 4.69) is 44.3 Å². The number of fused-ring (bicyclic) bond motifs is 1. The van der Waals surface area contributed by atoms with E-state index in [1.165, 1.54) is 25.1 Å². The smallest absolute Gasteiger partial charge is 0.193 e. The first-order valence-electron chi connectivity index (χ1n) is 6.72. The highest BCUT2D eigenvalue weighted by Gasteiger charge is 2.17.